The van der Waals surface area contributed by atoms with Crippen molar-refractivity contribution in [2.24, 2.45) is 7.05 Å². The van der Waals surface area contributed by atoms with Gasteiger partial charge in [-0.2, -0.15) is 13.2 Å². The Kier molecular flexibility index (Phi) is 5.77. The van der Waals surface area contributed by atoms with E-state index in [0.29, 0.717) is 6.07 Å². The van der Waals surface area contributed by atoms with Crippen molar-refractivity contribution in [3.05, 3.63) is 67.3 Å². The second kappa shape index (κ2) is 8.44. The molecule has 0 atom stereocenters. The molecule has 0 unspecified atom stereocenters. The molecule has 4 rings (SSSR count). The molecule has 0 aliphatic heterocycles. The van der Waals surface area contributed by atoms with E-state index >= 15 is 0 Å². The molecule has 4 aromatic rings. The van der Waals surface area contributed by atoms with Gasteiger partial charge in [-0.15, -0.1) is 11.3 Å². The molecule has 0 saturated heterocycles. The van der Waals surface area contributed by atoms with Crippen LogP contribution in [0.4, 0.5) is 22.7 Å². The molecule has 34 heavy (non-hydrogen) atoms. The minimum Gasteiger partial charge on any atom is -0.302 e. The van der Waals surface area contributed by atoms with Crippen molar-refractivity contribution in [3.63, 3.8) is 0 Å². The molecule has 0 aliphatic rings. The standard InChI is InChI=1S/C20H14F4N6O3S/c1-8-25-12(15-16(26-8)29-19(33)30(2)17(15)32)6-14(31)28-18-27-13(7-34-18)9-3-4-10(11(21)5-9)20(22,23)24/h3-5,7H,6H2,1-2H3,(H,27,28,31)(H,25,26,29,33). The van der Waals surface area contributed by atoms with E-state index in [1.54, 1.807) is 0 Å². The minimum atomic E-state index is -4.82. The molecule has 3 heterocycles. The first kappa shape index (κ1) is 23.2. The summed E-state index contributed by atoms with van der Waals surface area (Å²) in [5.74, 6) is -1.79. The molecular formula is C20H14F4N6O3S. The van der Waals surface area contributed by atoms with Crippen LogP contribution in [0.5, 0.6) is 0 Å². The summed E-state index contributed by atoms with van der Waals surface area (Å²) >= 11 is 0.979. The van der Waals surface area contributed by atoms with Crippen LogP contribution in [0.1, 0.15) is 17.1 Å². The summed E-state index contributed by atoms with van der Waals surface area (Å²) in [5.41, 5.74) is -2.35. The van der Waals surface area contributed by atoms with E-state index in [1.807, 2.05) is 0 Å². The van der Waals surface area contributed by atoms with Crippen LogP contribution in [0.2, 0.25) is 0 Å². The molecule has 176 valence electrons. The lowest BCUT2D eigenvalue weighted by atomic mass is 10.1. The fraction of sp³-hybridized carbons (Fsp3) is 0.200. The first-order chi connectivity index (χ1) is 15.9. The molecule has 0 aliphatic carbocycles. The lowest BCUT2D eigenvalue weighted by Gasteiger charge is -2.08. The number of rotatable bonds is 4. The molecule has 0 radical (unpaired) electrons. The number of H-pyrrole nitrogens is 1. The molecule has 14 heteroatoms. The smallest absolute Gasteiger partial charge is 0.302 e. The van der Waals surface area contributed by atoms with Gasteiger partial charge in [-0.1, -0.05) is 6.07 Å². The van der Waals surface area contributed by atoms with Crippen molar-refractivity contribution in [3.8, 4) is 11.3 Å². The van der Waals surface area contributed by atoms with Gasteiger partial charge < -0.3 is 5.32 Å². The highest BCUT2D eigenvalue weighted by Gasteiger charge is 2.34. The number of hydrogen-bond acceptors (Lipinski definition) is 7. The third kappa shape index (κ3) is 4.44. The Labute approximate surface area is 191 Å². The summed E-state index contributed by atoms with van der Waals surface area (Å²) in [4.78, 5) is 51.7. The number of benzene rings is 1. The van der Waals surface area contributed by atoms with Crippen LogP contribution in [0, 0.1) is 12.7 Å². The molecule has 1 amide bonds. The topological polar surface area (TPSA) is 123 Å². The maximum atomic E-state index is 13.9. The van der Waals surface area contributed by atoms with Gasteiger partial charge >= 0.3 is 11.9 Å². The van der Waals surface area contributed by atoms with Gasteiger partial charge in [0.15, 0.2) is 10.8 Å². The largest absolute Gasteiger partial charge is 0.419 e. The zero-order chi connectivity index (χ0) is 24.8. The van der Waals surface area contributed by atoms with E-state index in [9.17, 15) is 31.9 Å². The second-order valence-electron chi connectivity index (χ2n) is 7.19. The van der Waals surface area contributed by atoms with E-state index in [2.05, 4.69) is 25.3 Å². The minimum absolute atomic E-state index is 0.00395. The summed E-state index contributed by atoms with van der Waals surface area (Å²) in [6.45, 7) is 1.53. The van der Waals surface area contributed by atoms with Crippen molar-refractivity contribution in [2.75, 3.05) is 5.32 Å². The van der Waals surface area contributed by atoms with Crippen molar-refractivity contribution >= 4 is 33.4 Å². The SMILES string of the molecule is Cc1nc(CC(=O)Nc2nc(-c3ccc(C(F)(F)F)c(F)c3)cs2)c2c(=O)n(C)c(=O)[nH]c2n1. The van der Waals surface area contributed by atoms with Gasteiger partial charge in [0.1, 0.15) is 17.0 Å². The highest BCUT2D eigenvalue weighted by molar-refractivity contribution is 7.14. The van der Waals surface area contributed by atoms with Crippen molar-refractivity contribution < 1.29 is 22.4 Å². The number of aromatic amines is 1. The van der Waals surface area contributed by atoms with Crippen molar-refractivity contribution in [1.82, 2.24) is 24.5 Å². The normalized spacial score (nSPS) is 11.7. The van der Waals surface area contributed by atoms with E-state index in [0.717, 1.165) is 28.0 Å². The van der Waals surface area contributed by atoms with Gasteiger partial charge in [-0.05, 0) is 19.1 Å². The molecule has 2 N–H and O–H groups in total. The Morgan fingerprint density at radius 2 is 1.94 bits per heavy atom. The van der Waals surface area contributed by atoms with Gasteiger partial charge in [-0.3, -0.25) is 19.1 Å². The molecular weight excluding hydrogens is 480 g/mol. The maximum absolute atomic E-state index is 13.9. The predicted octanol–water partition coefficient (Wildman–Crippen LogP) is 2.79. The maximum Gasteiger partial charge on any atom is 0.419 e. The van der Waals surface area contributed by atoms with Crippen LogP contribution < -0.4 is 16.6 Å². The van der Waals surface area contributed by atoms with Gasteiger partial charge in [-0.25, -0.2) is 24.1 Å². The molecule has 0 spiro atoms. The number of nitrogens with one attached hydrogen (secondary N) is 2. The summed E-state index contributed by atoms with van der Waals surface area (Å²) in [7, 11) is 1.27. The quantitative estimate of drug-likeness (QED) is 0.421. The lowest BCUT2D eigenvalue weighted by Crippen LogP contribution is -2.34. The molecule has 3 aromatic heterocycles. The summed E-state index contributed by atoms with van der Waals surface area (Å²) in [5, 5.41) is 4.06. The summed E-state index contributed by atoms with van der Waals surface area (Å²) < 4.78 is 52.9. The number of alkyl halides is 3. The second-order valence-corrected chi connectivity index (χ2v) is 8.05. The molecule has 9 nitrogen and oxygen atoms in total. The number of nitrogens with zero attached hydrogens (tertiary/aromatic N) is 4. The molecule has 0 bridgehead atoms. The van der Waals surface area contributed by atoms with Crippen LogP contribution in [-0.2, 0) is 24.4 Å². The predicted molar refractivity (Wildman–Crippen MR) is 115 cm³/mol. The summed E-state index contributed by atoms with van der Waals surface area (Å²) in [6, 6.07) is 2.42. The molecule has 0 fully saturated rings. The number of aryl methyl sites for hydroxylation is 1. The van der Waals surface area contributed by atoms with Crippen LogP contribution >= 0.6 is 11.3 Å². The Morgan fingerprint density at radius 1 is 1.21 bits per heavy atom. The Hall–Kier alpha value is -3.94. The fourth-order valence-electron chi connectivity index (χ4n) is 3.20. The third-order valence-electron chi connectivity index (χ3n) is 4.79. The fourth-order valence-corrected chi connectivity index (χ4v) is 3.94. The third-order valence-corrected chi connectivity index (χ3v) is 5.55. The number of carbonyl (C=O) groups is 1. The van der Waals surface area contributed by atoms with Crippen LogP contribution in [0.15, 0.2) is 33.2 Å². The monoisotopic (exact) mass is 494 g/mol. The Morgan fingerprint density at radius 3 is 2.62 bits per heavy atom. The lowest BCUT2D eigenvalue weighted by molar-refractivity contribution is -0.140. The zero-order valence-corrected chi connectivity index (χ0v) is 18.3. The average molecular weight is 494 g/mol. The zero-order valence-electron chi connectivity index (χ0n) is 17.5. The number of hydrogen-bond donors (Lipinski definition) is 2. The number of thiazole rings is 1. The van der Waals surface area contributed by atoms with Gasteiger partial charge in [0.05, 0.1) is 23.4 Å². The number of amides is 1. The number of fused-ring (bicyclic) bond motifs is 1. The van der Waals surface area contributed by atoms with Crippen molar-refractivity contribution in [1.29, 1.82) is 0 Å². The first-order valence-corrected chi connectivity index (χ1v) is 10.4. The summed E-state index contributed by atoms with van der Waals surface area (Å²) in [6.07, 6.45) is -5.16. The van der Waals surface area contributed by atoms with E-state index in [4.69, 9.17) is 0 Å². The Bertz CT molecular complexity index is 1560. The van der Waals surface area contributed by atoms with Gasteiger partial charge in [0.25, 0.3) is 5.56 Å². The van der Waals surface area contributed by atoms with Crippen LogP contribution in [0.25, 0.3) is 22.3 Å². The number of aromatic nitrogens is 5. The van der Waals surface area contributed by atoms with Crippen LogP contribution in [-0.4, -0.2) is 30.4 Å². The van der Waals surface area contributed by atoms with Gasteiger partial charge in [0.2, 0.25) is 5.91 Å². The molecule has 0 saturated carbocycles. The highest BCUT2D eigenvalue weighted by atomic mass is 32.1. The van der Waals surface area contributed by atoms with Gasteiger partial charge in [0, 0.05) is 18.0 Å². The first-order valence-electron chi connectivity index (χ1n) is 9.53. The van der Waals surface area contributed by atoms with E-state index in [1.165, 1.54) is 19.4 Å². The number of anilines is 1. The Balaban J connectivity index is 1.57. The highest BCUT2D eigenvalue weighted by Crippen LogP contribution is 2.34. The van der Waals surface area contributed by atoms with E-state index < -0.39 is 34.7 Å². The van der Waals surface area contributed by atoms with E-state index in [-0.39, 0.29) is 45.4 Å². The molecule has 1 aromatic carbocycles. The number of halogens is 4. The van der Waals surface area contributed by atoms with Crippen LogP contribution in [0.3, 0.4) is 0 Å². The van der Waals surface area contributed by atoms with Crippen molar-refractivity contribution in [2.45, 2.75) is 19.5 Å². The average Bonchev–Trinajstić information content (AvgIpc) is 3.19. The number of carbonyl (C=O) groups excluding carboxylic acids is 1.